The third kappa shape index (κ3) is 14.8. The molecule has 2 aromatic heterocycles. The van der Waals surface area contributed by atoms with E-state index in [1.165, 1.54) is 14.2 Å². The highest BCUT2D eigenvalue weighted by Gasteiger charge is 2.66. The molecule has 450 valence electrons. The highest BCUT2D eigenvalue weighted by atomic mass is 16.7. The molecule has 0 spiro atoms. The average Bonchev–Trinajstić information content (AvgIpc) is 3.90. The molecular weight excluding hydrogens is 1050 g/mol. The maximum absolute atomic E-state index is 14.5. The van der Waals surface area contributed by atoms with Gasteiger partial charge in [-0.3, -0.25) is 4.68 Å². The molecule has 1 N–H and O–H groups in total. The number of esters is 2. The first kappa shape index (κ1) is 62.2. The number of carbonyl (C=O) groups excluding carboxylic acids is 3. The summed E-state index contributed by atoms with van der Waals surface area (Å²) in [5.41, 5.74) is 3.94. The largest absolute Gasteiger partial charge is 0.465 e. The van der Waals surface area contributed by atoms with Crippen LogP contribution in [0.25, 0.3) is 11.1 Å². The standard InChI is InChI=1S/C60H89N5O16/c1-38-43(24-62-65(38)33-59-28-57(8)27-58(9,29-59)31-60(30-57,32-59)78-22-20-61-54(68)81-56(5,6)7)41-17-18-47(63-48(41)53(67)80-55(2,3)4)64-21-19-40-39(15-16-42(44(40)25-64)52(66)73-14)23-45-49(75-35-70-11)51(77-37-72-13)50(76-36-71-12)46(79-45)26-74-34-69-10/h15-18,24,45-46,49-51H,19-23,25-37H2,1-14H3,(H,61,68)/t45?,46-,49+,50?,51-,57?,58?,59?,60?/m0/s1. The molecule has 7 atom stereocenters. The molecule has 1 saturated heterocycles. The minimum atomic E-state index is -0.809. The molecule has 1 amide bonds. The first-order valence-corrected chi connectivity index (χ1v) is 28.3. The number of alkyl carbamates (subject to hydrolysis) is 1. The van der Waals surface area contributed by atoms with Crippen molar-refractivity contribution in [2.45, 2.75) is 174 Å². The van der Waals surface area contributed by atoms with E-state index >= 15 is 0 Å². The molecule has 21 nitrogen and oxygen atoms in total. The van der Waals surface area contributed by atoms with Crippen molar-refractivity contribution in [3.05, 3.63) is 64.1 Å². The monoisotopic (exact) mass is 1140 g/mol. The Hall–Kier alpha value is -4.81. The lowest BCUT2D eigenvalue weighted by Crippen LogP contribution is -2.64. The number of nitrogens with zero attached hydrogens (tertiary/aromatic N) is 4. The predicted octanol–water partition coefficient (Wildman–Crippen LogP) is 8.12. The summed E-state index contributed by atoms with van der Waals surface area (Å²) in [6.07, 6.45) is 5.03. The predicted molar refractivity (Wildman–Crippen MR) is 298 cm³/mol. The van der Waals surface area contributed by atoms with E-state index < -0.39 is 59.8 Å². The number of rotatable bonds is 25. The molecule has 21 heteroatoms. The fourth-order valence-electron chi connectivity index (χ4n) is 14.6. The van der Waals surface area contributed by atoms with Crippen molar-refractivity contribution in [2.75, 3.05) is 93.9 Å². The molecule has 9 rings (SSSR count). The second-order valence-corrected chi connectivity index (χ2v) is 25.7. The summed E-state index contributed by atoms with van der Waals surface area (Å²) in [5.74, 6) is -0.496. The molecular formula is C60H89N5O16. The van der Waals surface area contributed by atoms with E-state index in [2.05, 4.69) is 35.7 Å². The van der Waals surface area contributed by atoms with Gasteiger partial charge in [-0.1, -0.05) is 19.9 Å². The molecule has 2 aliphatic heterocycles. The van der Waals surface area contributed by atoms with Crippen LogP contribution in [0.15, 0.2) is 30.5 Å². The summed E-state index contributed by atoms with van der Waals surface area (Å²) >= 11 is 0. The van der Waals surface area contributed by atoms with Crippen LogP contribution < -0.4 is 10.2 Å². The Kier molecular flexibility index (Phi) is 19.7. The van der Waals surface area contributed by atoms with Crippen LogP contribution in [0.3, 0.4) is 0 Å². The quantitative estimate of drug-likeness (QED) is 0.0367. The SMILES string of the molecule is COCOC[C@@H]1OC(Cc2ccc(C(=O)OC)c3c2CCN(c2ccc(-c4cnn(CC56CC7(C)CC(C)(C5)CC(OCCNC(=O)OC(C)(C)C)(C7)C6)c4C)c(C(=O)OC(C)(C)C)n2)C3)[C@@H](OCOC)[C@H](OCOC)C1OCOC. The molecule has 4 aliphatic carbocycles. The third-order valence-corrected chi connectivity index (χ3v) is 16.2. The van der Waals surface area contributed by atoms with Crippen molar-refractivity contribution in [3.63, 3.8) is 0 Å². The van der Waals surface area contributed by atoms with Crippen LogP contribution in [-0.4, -0.2) is 169 Å². The van der Waals surface area contributed by atoms with Gasteiger partial charge in [-0.2, -0.15) is 5.10 Å². The fourth-order valence-corrected chi connectivity index (χ4v) is 14.6. The number of hydrogen-bond acceptors (Lipinski definition) is 19. The van der Waals surface area contributed by atoms with Gasteiger partial charge in [-0.25, -0.2) is 19.4 Å². The molecule has 6 aliphatic rings. The van der Waals surface area contributed by atoms with Crippen molar-refractivity contribution >= 4 is 23.8 Å². The lowest BCUT2D eigenvalue weighted by Gasteiger charge is -2.69. The third-order valence-electron chi connectivity index (χ3n) is 16.2. The van der Waals surface area contributed by atoms with Gasteiger partial charge in [0.05, 0.1) is 43.8 Å². The lowest BCUT2D eigenvalue weighted by molar-refractivity contribution is -0.297. The van der Waals surface area contributed by atoms with Crippen LogP contribution in [0.4, 0.5) is 10.6 Å². The van der Waals surface area contributed by atoms with Gasteiger partial charge in [-0.05, 0) is 145 Å². The second-order valence-electron chi connectivity index (χ2n) is 25.7. The van der Waals surface area contributed by atoms with Crippen LogP contribution in [0, 0.1) is 23.2 Å². The topological polar surface area (TPSA) is 217 Å². The maximum Gasteiger partial charge on any atom is 0.407 e. The summed E-state index contributed by atoms with van der Waals surface area (Å²) < 4.78 is 78.7. The van der Waals surface area contributed by atoms with Crippen LogP contribution in [0.5, 0.6) is 0 Å². The number of methoxy groups -OCH3 is 5. The zero-order valence-corrected chi connectivity index (χ0v) is 50.3. The number of nitrogens with one attached hydrogen (secondary N) is 1. The summed E-state index contributed by atoms with van der Waals surface area (Å²) in [5, 5.41) is 7.93. The molecule has 4 saturated carbocycles. The molecule has 81 heavy (non-hydrogen) atoms. The Morgan fingerprint density at radius 3 is 2.00 bits per heavy atom. The summed E-state index contributed by atoms with van der Waals surface area (Å²) in [6.45, 7) is 20.2. The van der Waals surface area contributed by atoms with Crippen LogP contribution in [0.2, 0.25) is 0 Å². The normalized spacial score (nSPS) is 28.0. The molecule has 3 aromatic rings. The Morgan fingerprint density at radius 1 is 0.728 bits per heavy atom. The van der Waals surface area contributed by atoms with Gasteiger partial charge in [-0.15, -0.1) is 0 Å². The van der Waals surface area contributed by atoms with Crippen molar-refractivity contribution in [1.29, 1.82) is 0 Å². The number of benzene rings is 1. The first-order chi connectivity index (χ1) is 38.4. The van der Waals surface area contributed by atoms with Crippen molar-refractivity contribution in [3.8, 4) is 11.1 Å². The molecule has 5 fully saturated rings. The Balaban J connectivity index is 1.07. The van der Waals surface area contributed by atoms with E-state index in [4.69, 9.17) is 71.7 Å². The van der Waals surface area contributed by atoms with E-state index in [0.717, 1.165) is 66.5 Å². The number of carbonyl (C=O) groups is 3. The van der Waals surface area contributed by atoms with E-state index in [1.807, 2.05) is 65.9 Å². The number of aromatic nitrogens is 3. The number of amides is 1. The van der Waals surface area contributed by atoms with Crippen molar-refractivity contribution in [1.82, 2.24) is 20.1 Å². The van der Waals surface area contributed by atoms with Crippen molar-refractivity contribution in [2.24, 2.45) is 16.2 Å². The second kappa shape index (κ2) is 25.6. The number of fused-ring (bicyclic) bond motifs is 1. The van der Waals surface area contributed by atoms with Gasteiger partial charge in [0, 0.05) is 77.9 Å². The van der Waals surface area contributed by atoms with Crippen LogP contribution in [0.1, 0.15) is 137 Å². The zero-order valence-electron chi connectivity index (χ0n) is 50.3. The lowest BCUT2D eigenvalue weighted by atomic mass is 9.39. The first-order valence-electron chi connectivity index (χ1n) is 28.3. The summed E-state index contributed by atoms with van der Waals surface area (Å²) in [6, 6.07) is 7.58. The molecule has 0 radical (unpaired) electrons. The van der Waals surface area contributed by atoms with Gasteiger partial charge in [0.15, 0.2) is 5.69 Å². The van der Waals surface area contributed by atoms with E-state index in [1.54, 1.807) is 27.4 Å². The smallest absolute Gasteiger partial charge is 0.407 e. The van der Waals surface area contributed by atoms with Gasteiger partial charge in [0.25, 0.3) is 0 Å². The van der Waals surface area contributed by atoms with Gasteiger partial charge in [0.1, 0.15) is 68.6 Å². The van der Waals surface area contributed by atoms with Gasteiger partial charge >= 0.3 is 18.0 Å². The van der Waals surface area contributed by atoms with E-state index in [9.17, 15) is 14.4 Å². The van der Waals surface area contributed by atoms with E-state index in [0.29, 0.717) is 56.0 Å². The zero-order chi connectivity index (χ0) is 58.5. The number of anilines is 1. The Labute approximate surface area is 477 Å². The van der Waals surface area contributed by atoms with Gasteiger partial charge < -0.3 is 71.8 Å². The number of ether oxygens (including phenoxy) is 13. The molecule has 1 aromatic carbocycles. The summed E-state index contributed by atoms with van der Waals surface area (Å²) in [4.78, 5) is 47.8. The Morgan fingerprint density at radius 2 is 1.37 bits per heavy atom. The minimum absolute atomic E-state index is 0.0355. The Bertz CT molecular complexity index is 2650. The van der Waals surface area contributed by atoms with Gasteiger partial charge in [0.2, 0.25) is 0 Å². The van der Waals surface area contributed by atoms with Crippen LogP contribution >= 0.6 is 0 Å². The summed E-state index contributed by atoms with van der Waals surface area (Å²) in [7, 11) is 7.53. The fraction of sp³-hybridized carbons (Fsp3) is 0.717. The highest BCUT2D eigenvalue weighted by Crippen LogP contribution is 2.72. The molecule has 4 unspecified atom stereocenters. The number of hydrogen-bond donors (Lipinski definition) is 1. The van der Waals surface area contributed by atoms with Crippen molar-refractivity contribution < 1.29 is 76.0 Å². The number of pyridine rings is 1. The molecule has 4 heterocycles. The average molecular weight is 1140 g/mol. The molecule has 4 bridgehead atoms. The van der Waals surface area contributed by atoms with Crippen LogP contribution in [-0.2, 0) is 87.5 Å². The van der Waals surface area contributed by atoms with E-state index in [-0.39, 0.29) is 67.9 Å². The maximum atomic E-state index is 14.5. The minimum Gasteiger partial charge on any atom is -0.465 e. The highest BCUT2D eigenvalue weighted by molar-refractivity contribution is 5.96.